The van der Waals surface area contributed by atoms with E-state index in [0.29, 0.717) is 6.04 Å². The fraction of sp³-hybridized carbons (Fsp3) is 0.941. The van der Waals surface area contributed by atoms with E-state index in [9.17, 15) is 4.79 Å². The quantitative estimate of drug-likeness (QED) is 0.758. The first-order valence-corrected chi connectivity index (χ1v) is 8.47. The van der Waals surface area contributed by atoms with Gasteiger partial charge in [0, 0.05) is 12.1 Å². The zero-order chi connectivity index (χ0) is 16.2. The second-order valence-corrected chi connectivity index (χ2v) is 7.67. The van der Waals surface area contributed by atoms with Crippen LogP contribution < -0.4 is 11.1 Å². The summed E-state index contributed by atoms with van der Waals surface area (Å²) in [5, 5.41) is 3.35. The molecule has 2 atom stereocenters. The third-order valence-electron chi connectivity index (χ3n) is 5.00. The molecule has 1 saturated heterocycles. The number of amides is 1. The fourth-order valence-corrected chi connectivity index (χ4v) is 3.61. The van der Waals surface area contributed by atoms with Crippen molar-refractivity contribution in [2.75, 3.05) is 13.1 Å². The van der Waals surface area contributed by atoms with Gasteiger partial charge in [-0.3, -0.25) is 4.79 Å². The van der Waals surface area contributed by atoms with Gasteiger partial charge < -0.3 is 16.0 Å². The minimum Gasteiger partial charge on any atom is -0.368 e. The molecule has 4 nitrogen and oxygen atoms in total. The average Bonchev–Trinajstić information content (AvgIpc) is 2.37. The summed E-state index contributed by atoms with van der Waals surface area (Å²) in [5.74, 6) is 1.38. The third-order valence-corrected chi connectivity index (χ3v) is 5.00. The Labute approximate surface area is 130 Å². The molecule has 0 spiro atoms. The van der Waals surface area contributed by atoms with Crippen molar-refractivity contribution in [1.29, 1.82) is 0 Å². The lowest BCUT2D eigenvalue weighted by Gasteiger charge is -2.41. The van der Waals surface area contributed by atoms with Gasteiger partial charge in [0.2, 0.25) is 5.91 Å². The maximum Gasteiger partial charge on any atom is 0.237 e. The van der Waals surface area contributed by atoms with E-state index in [0.717, 1.165) is 31.3 Å². The molecule has 3 N–H and O–H groups in total. The van der Waals surface area contributed by atoms with E-state index >= 15 is 0 Å². The van der Waals surface area contributed by atoms with Crippen LogP contribution in [0.15, 0.2) is 0 Å². The first-order chi connectivity index (χ1) is 9.65. The van der Waals surface area contributed by atoms with Gasteiger partial charge in [0.25, 0.3) is 0 Å². The van der Waals surface area contributed by atoms with Crippen LogP contribution in [-0.4, -0.2) is 41.5 Å². The second kappa shape index (κ2) is 7.59. The highest BCUT2D eigenvalue weighted by molar-refractivity contribution is 5.84. The standard InChI is InChI=1S/C17H35N3O/c1-12(2)15-7-9-20(10-8-15)14(5)11-17(6,16(18)21)19-13(3)4/h12-15,19H,7-11H2,1-6H3,(H2,18,21). The monoisotopic (exact) mass is 297 g/mol. The second-order valence-electron chi connectivity index (χ2n) is 7.67. The topological polar surface area (TPSA) is 58.4 Å². The molecule has 2 unspecified atom stereocenters. The van der Waals surface area contributed by atoms with Crippen molar-refractivity contribution in [3.05, 3.63) is 0 Å². The molecular formula is C17H35N3O. The molecule has 21 heavy (non-hydrogen) atoms. The van der Waals surface area contributed by atoms with Crippen molar-refractivity contribution < 1.29 is 4.79 Å². The average molecular weight is 297 g/mol. The summed E-state index contributed by atoms with van der Waals surface area (Å²) in [6.45, 7) is 15.2. The summed E-state index contributed by atoms with van der Waals surface area (Å²) < 4.78 is 0. The molecule has 4 heteroatoms. The van der Waals surface area contributed by atoms with Crippen molar-refractivity contribution >= 4 is 5.91 Å². The zero-order valence-corrected chi connectivity index (χ0v) is 14.8. The first-order valence-electron chi connectivity index (χ1n) is 8.47. The molecular weight excluding hydrogens is 262 g/mol. The molecule has 1 aliphatic heterocycles. The van der Waals surface area contributed by atoms with Crippen LogP contribution >= 0.6 is 0 Å². The largest absolute Gasteiger partial charge is 0.368 e. The van der Waals surface area contributed by atoms with Gasteiger partial charge in [-0.15, -0.1) is 0 Å². The molecule has 0 aromatic carbocycles. The molecule has 1 rings (SSSR count). The van der Waals surface area contributed by atoms with Crippen LogP contribution in [0.5, 0.6) is 0 Å². The van der Waals surface area contributed by atoms with Gasteiger partial charge in [-0.05, 0) is 71.9 Å². The summed E-state index contributed by atoms with van der Waals surface area (Å²) in [6, 6.07) is 0.628. The number of rotatable bonds is 7. The predicted molar refractivity (Wildman–Crippen MR) is 89.1 cm³/mol. The molecule has 1 heterocycles. The maximum absolute atomic E-state index is 11.9. The lowest BCUT2D eigenvalue weighted by atomic mass is 9.85. The Kier molecular flexibility index (Phi) is 6.67. The number of primary amides is 1. The van der Waals surface area contributed by atoms with E-state index in [-0.39, 0.29) is 11.9 Å². The number of carbonyl (C=O) groups excluding carboxylic acids is 1. The summed E-state index contributed by atoms with van der Waals surface area (Å²) >= 11 is 0. The van der Waals surface area contributed by atoms with Gasteiger partial charge in [-0.2, -0.15) is 0 Å². The summed E-state index contributed by atoms with van der Waals surface area (Å²) in [7, 11) is 0. The number of nitrogens with one attached hydrogen (secondary N) is 1. The molecule has 0 aromatic rings. The smallest absolute Gasteiger partial charge is 0.237 e. The lowest BCUT2D eigenvalue weighted by Crippen LogP contribution is -2.58. The Morgan fingerprint density at radius 1 is 1.24 bits per heavy atom. The van der Waals surface area contributed by atoms with Gasteiger partial charge >= 0.3 is 0 Å². The van der Waals surface area contributed by atoms with Gasteiger partial charge in [-0.25, -0.2) is 0 Å². The van der Waals surface area contributed by atoms with Crippen LogP contribution in [0.3, 0.4) is 0 Å². The molecule has 1 aliphatic rings. The number of piperidine rings is 1. The molecule has 0 radical (unpaired) electrons. The van der Waals surface area contributed by atoms with Gasteiger partial charge in [0.05, 0.1) is 5.54 Å². The molecule has 0 aromatic heterocycles. The fourth-order valence-electron chi connectivity index (χ4n) is 3.61. The van der Waals surface area contributed by atoms with Crippen LogP contribution in [0.2, 0.25) is 0 Å². The van der Waals surface area contributed by atoms with E-state index in [4.69, 9.17) is 5.73 Å². The number of carbonyl (C=O) groups is 1. The van der Waals surface area contributed by atoms with E-state index in [1.165, 1.54) is 12.8 Å². The highest BCUT2D eigenvalue weighted by Crippen LogP contribution is 2.27. The SMILES string of the molecule is CC(C)NC(C)(CC(C)N1CCC(C(C)C)CC1)C(N)=O. The van der Waals surface area contributed by atoms with Gasteiger partial charge in [-0.1, -0.05) is 13.8 Å². The Balaban J connectivity index is 2.59. The van der Waals surface area contributed by atoms with Crippen molar-refractivity contribution in [2.24, 2.45) is 17.6 Å². The highest BCUT2D eigenvalue weighted by Gasteiger charge is 2.35. The molecule has 124 valence electrons. The normalized spacial score (nSPS) is 22.5. The zero-order valence-electron chi connectivity index (χ0n) is 14.8. The molecule has 0 bridgehead atoms. The predicted octanol–water partition coefficient (Wildman–Crippen LogP) is 2.37. The van der Waals surface area contributed by atoms with E-state index in [1.807, 2.05) is 6.92 Å². The lowest BCUT2D eigenvalue weighted by molar-refractivity contribution is -0.125. The van der Waals surface area contributed by atoms with Crippen molar-refractivity contribution in [2.45, 2.75) is 78.4 Å². The highest BCUT2D eigenvalue weighted by atomic mass is 16.1. The van der Waals surface area contributed by atoms with Crippen LogP contribution in [0, 0.1) is 11.8 Å². The molecule has 0 saturated carbocycles. The molecule has 0 aliphatic carbocycles. The number of hydrogen-bond acceptors (Lipinski definition) is 3. The van der Waals surface area contributed by atoms with E-state index in [1.54, 1.807) is 0 Å². The number of nitrogens with two attached hydrogens (primary N) is 1. The summed E-state index contributed by atoms with van der Waals surface area (Å²) in [4.78, 5) is 14.4. The summed E-state index contributed by atoms with van der Waals surface area (Å²) in [6.07, 6.45) is 3.31. The van der Waals surface area contributed by atoms with E-state index < -0.39 is 5.54 Å². The minimum atomic E-state index is -0.623. The number of hydrogen-bond donors (Lipinski definition) is 2. The van der Waals surface area contributed by atoms with Crippen molar-refractivity contribution in [3.63, 3.8) is 0 Å². The van der Waals surface area contributed by atoms with Gasteiger partial charge in [0.1, 0.15) is 0 Å². The van der Waals surface area contributed by atoms with Gasteiger partial charge in [0.15, 0.2) is 0 Å². The van der Waals surface area contributed by atoms with Crippen LogP contribution in [0.4, 0.5) is 0 Å². The van der Waals surface area contributed by atoms with Crippen LogP contribution in [0.1, 0.15) is 60.8 Å². The third kappa shape index (κ3) is 5.26. The molecule has 1 fully saturated rings. The number of nitrogens with zero attached hydrogens (tertiary/aromatic N) is 1. The van der Waals surface area contributed by atoms with Crippen LogP contribution in [0.25, 0.3) is 0 Å². The van der Waals surface area contributed by atoms with Crippen molar-refractivity contribution in [1.82, 2.24) is 10.2 Å². The maximum atomic E-state index is 11.9. The van der Waals surface area contributed by atoms with Crippen molar-refractivity contribution in [3.8, 4) is 0 Å². The minimum absolute atomic E-state index is 0.250. The first kappa shape index (κ1) is 18.4. The Morgan fingerprint density at radius 2 is 1.76 bits per heavy atom. The number of likely N-dealkylation sites (tertiary alicyclic amines) is 1. The Hall–Kier alpha value is -0.610. The summed E-state index contributed by atoms with van der Waals surface area (Å²) in [5.41, 5.74) is 5.02. The van der Waals surface area contributed by atoms with Crippen LogP contribution in [-0.2, 0) is 4.79 Å². The molecule has 1 amide bonds. The van der Waals surface area contributed by atoms with E-state index in [2.05, 4.69) is 44.8 Å². The Bertz CT molecular complexity index is 335. The Morgan fingerprint density at radius 3 is 2.14 bits per heavy atom.